The molecule has 0 bridgehead atoms. The summed E-state index contributed by atoms with van der Waals surface area (Å²) in [5.41, 5.74) is 1.13. The molecule has 1 aromatic rings. The Kier molecular flexibility index (Phi) is 4.61. The fourth-order valence-electron chi connectivity index (χ4n) is 1.97. The Labute approximate surface area is 107 Å². The Bertz CT molecular complexity index is 411. The zero-order valence-electron chi connectivity index (χ0n) is 10.3. The predicted octanol–water partition coefficient (Wildman–Crippen LogP) is 2.47. The van der Waals surface area contributed by atoms with Gasteiger partial charge in [-0.3, -0.25) is 4.90 Å². The van der Waals surface area contributed by atoms with Gasteiger partial charge in [0.1, 0.15) is 0 Å². The topological polar surface area (TPSA) is 23.5 Å². The van der Waals surface area contributed by atoms with Gasteiger partial charge < -0.3 is 5.11 Å². The van der Waals surface area contributed by atoms with Gasteiger partial charge in [-0.1, -0.05) is 18.3 Å². The highest BCUT2D eigenvalue weighted by Crippen LogP contribution is 2.26. The summed E-state index contributed by atoms with van der Waals surface area (Å²) in [6.07, 6.45) is 4.62. The van der Waals surface area contributed by atoms with Crippen molar-refractivity contribution in [3.63, 3.8) is 0 Å². The maximum absolute atomic E-state index is 8.71. The first-order chi connectivity index (χ1) is 8.31. The average Bonchev–Trinajstić information content (AvgIpc) is 2.63. The molecule has 0 unspecified atom stereocenters. The molecule has 0 radical (unpaired) electrons. The van der Waals surface area contributed by atoms with Crippen molar-refractivity contribution < 1.29 is 5.11 Å². The van der Waals surface area contributed by atoms with Crippen molar-refractivity contribution in [1.82, 2.24) is 4.90 Å². The minimum atomic E-state index is 0.147. The minimum Gasteiger partial charge on any atom is -0.395 e. The van der Waals surface area contributed by atoms with Crippen LogP contribution in [0, 0.1) is 11.8 Å². The van der Waals surface area contributed by atoms with Crippen molar-refractivity contribution in [3.8, 4) is 11.8 Å². The Morgan fingerprint density at radius 2 is 2.35 bits per heavy atom. The van der Waals surface area contributed by atoms with E-state index in [0.717, 1.165) is 18.2 Å². The molecule has 1 fully saturated rings. The summed E-state index contributed by atoms with van der Waals surface area (Å²) in [7, 11) is 2.20. The van der Waals surface area contributed by atoms with E-state index in [1.807, 2.05) is 0 Å². The van der Waals surface area contributed by atoms with Gasteiger partial charge in [-0.05, 0) is 31.3 Å². The number of thiophene rings is 1. The molecule has 1 heterocycles. The third-order valence-electron chi connectivity index (χ3n) is 3.30. The van der Waals surface area contributed by atoms with E-state index >= 15 is 0 Å². The van der Waals surface area contributed by atoms with Gasteiger partial charge in [-0.15, -0.1) is 11.3 Å². The van der Waals surface area contributed by atoms with Crippen LogP contribution in [0.15, 0.2) is 11.4 Å². The average molecular weight is 249 g/mol. The number of hydrogen-bond acceptors (Lipinski definition) is 3. The second-order valence-corrected chi connectivity index (χ2v) is 5.53. The quantitative estimate of drug-likeness (QED) is 0.829. The number of hydrogen-bond donors (Lipinski definition) is 1. The lowest BCUT2D eigenvalue weighted by Gasteiger charge is -2.34. The van der Waals surface area contributed by atoms with Crippen LogP contribution in [-0.2, 0) is 6.54 Å². The van der Waals surface area contributed by atoms with Gasteiger partial charge in [-0.2, -0.15) is 0 Å². The third kappa shape index (κ3) is 3.32. The first kappa shape index (κ1) is 12.6. The fourth-order valence-corrected chi connectivity index (χ4v) is 2.86. The highest BCUT2D eigenvalue weighted by molar-refractivity contribution is 7.10. The maximum atomic E-state index is 8.71. The van der Waals surface area contributed by atoms with Gasteiger partial charge in [0.25, 0.3) is 0 Å². The lowest BCUT2D eigenvalue weighted by atomic mass is 9.92. The Balaban J connectivity index is 1.96. The molecule has 1 N–H and O–H groups in total. The molecule has 0 saturated heterocycles. The minimum absolute atomic E-state index is 0.147. The number of aliphatic hydroxyl groups excluding tert-OH is 1. The van der Waals surface area contributed by atoms with E-state index in [4.69, 9.17) is 5.11 Å². The number of aliphatic hydroxyl groups is 1. The molecule has 0 atom stereocenters. The molecule has 2 nitrogen and oxygen atoms in total. The zero-order valence-corrected chi connectivity index (χ0v) is 11.1. The molecule has 0 amide bonds. The van der Waals surface area contributed by atoms with E-state index in [0.29, 0.717) is 6.42 Å². The number of rotatable bonds is 4. The van der Waals surface area contributed by atoms with Gasteiger partial charge in [0.15, 0.2) is 0 Å². The monoisotopic (exact) mass is 249 g/mol. The van der Waals surface area contributed by atoms with Crippen LogP contribution in [0.1, 0.15) is 36.1 Å². The maximum Gasteiger partial charge on any atom is 0.0540 e. The largest absolute Gasteiger partial charge is 0.395 e. The summed E-state index contributed by atoms with van der Waals surface area (Å²) in [6, 6.07) is 2.86. The lowest BCUT2D eigenvalue weighted by Crippen LogP contribution is -2.36. The van der Waals surface area contributed by atoms with Crippen LogP contribution in [0.4, 0.5) is 0 Å². The molecule has 0 aromatic carbocycles. The van der Waals surface area contributed by atoms with Crippen molar-refractivity contribution >= 4 is 11.3 Å². The Morgan fingerprint density at radius 1 is 1.53 bits per heavy atom. The summed E-state index contributed by atoms with van der Waals surface area (Å²) in [4.78, 5) is 3.79. The molecule has 1 aliphatic carbocycles. The molecule has 0 spiro atoms. The normalized spacial score (nSPS) is 15.5. The molecular formula is C14H19NOS. The molecule has 3 heteroatoms. The van der Waals surface area contributed by atoms with Gasteiger partial charge in [0.2, 0.25) is 0 Å². The molecule has 2 rings (SSSR count). The van der Waals surface area contributed by atoms with Gasteiger partial charge in [-0.25, -0.2) is 0 Å². The van der Waals surface area contributed by atoms with E-state index in [1.165, 1.54) is 24.1 Å². The van der Waals surface area contributed by atoms with Crippen molar-refractivity contribution in [2.75, 3.05) is 13.7 Å². The molecule has 92 valence electrons. The predicted molar refractivity (Wildman–Crippen MR) is 72.0 cm³/mol. The molecular weight excluding hydrogens is 230 g/mol. The molecule has 17 heavy (non-hydrogen) atoms. The summed E-state index contributed by atoms with van der Waals surface area (Å²) in [5, 5.41) is 10.8. The van der Waals surface area contributed by atoms with E-state index < -0.39 is 0 Å². The molecule has 1 saturated carbocycles. The van der Waals surface area contributed by atoms with Crippen LogP contribution in [0.3, 0.4) is 0 Å². The highest BCUT2D eigenvalue weighted by Gasteiger charge is 2.22. The summed E-state index contributed by atoms with van der Waals surface area (Å²) >= 11 is 1.78. The van der Waals surface area contributed by atoms with Gasteiger partial charge >= 0.3 is 0 Å². The van der Waals surface area contributed by atoms with Crippen LogP contribution >= 0.6 is 11.3 Å². The van der Waals surface area contributed by atoms with Crippen LogP contribution in [0.5, 0.6) is 0 Å². The molecule has 1 aromatic heterocycles. The van der Waals surface area contributed by atoms with E-state index in [-0.39, 0.29) is 6.61 Å². The van der Waals surface area contributed by atoms with Crippen molar-refractivity contribution in [2.24, 2.45) is 0 Å². The SMILES string of the molecule is CN(Cc1sccc1C#CCCO)C1CCC1. The van der Waals surface area contributed by atoms with E-state index in [9.17, 15) is 0 Å². The van der Waals surface area contributed by atoms with Crippen molar-refractivity contribution in [3.05, 3.63) is 21.9 Å². The summed E-state index contributed by atoms with van der Waals surface area (Å²) in [6.45, 7) is 1.15. The molecule has 0 aliphatic heterocycles. The third-order valence-corrected chi connectivity index (χ3v) is 4.20. The first-order valence-corrected chi connectivity index (χ1v) is 7.05. The number of nitrogens with zero attached hydrogens (tertiary/aromatic N) is 1. The Hall–Kier alpha value is -0.820. The zero-order chi connectivity index (χ0) is 12.1. The standard InChI is InChI=1S/C14H19NOS/c1-15(13-6-4-7-13)11-14-12(8-10-17-14)5-2-3-9-16/h8,10,13,16H,3-4,6-7,9,11H2,1H3. The molecule has 1 aliphatic rings. The first-order valence-electron chi connectivity index (χ1n) is 6.17. The second kappa shape index (κ2) is 6.20. The smallest absolute Gasteiger partial charge is 0.0540 e. The van der Waals surface area contributed by atoms with Crippen LogP contribution in [0.2, 0.25) is 0 Å². The summed E-state index contributed by atoms with van der Waals surface area (Å²) < 4.78 is 0. The van der Waals surface area contributed by atoms with Crippen molar-refractivity contribution in [2.45, 2.75) is 38.3 Å². The van der Waals surface area contributed by atoms with Crippen LogP contribution < -0.4 is 0 Å². The Morgan fingerprint density at radius 3 is 3.00 bits per heavy atom. The van der Waals surface area contributed by atoms with Gasteiger partial charge in [0.05, 0.1) is 6.61 Å². The second-order valence-electron chi connectivity index (χ2n) is 4.53. The highest BCUT2D eigenvalue weighted by atomic mass is 32.1. The van der Waals surface area contributed by atoms with Crippen LogP contribution in [-0.4, -0.2) is 29.7 Å². The lowest BCUT2D eigenvalue weighted by molar-refractivity contribution is 0.154. The van der Waals surface area contributed by atoms with E-state index in [1.54, 1.807) is 11.3 Å². The fraction of sp³-hybridized carbons (Fsp3) is 0.571. The van der Waals surface area contributed by atoms with Gasteiger partial charge in [0, 0.05) is 29.4 Å². The van der Waals surface area contributed by atoms with E-state index in [2.05, 4.69) is 35.2 Å². The van der Waals surface area contributed by atoms with Crippen LogP contribution in [0.25, 0.3) is 0 Å². The summed E-state index contributed by atoms with van der Waals surface area (Å²) in [5.74, 6) is 6.14. The van der Waals surface area contributed by atoms with Crippen molar-refractivity contribution in [1.29, 1.82) is 0 Å².